The van der Waals surface area contributed by atoms with Crippen LogP contribution in [0.5, 0.6) is 0 Å². The highest BCUT2D eigenvalue weighted by Crippen LogP contribution is 2.08. The summed E-state index contributed by atoms with van der Waals surface area (Å²) in [6, 6.07) is 0. The lowest BCUT2D eigenvalue weighted by Crippen LogP contribution is -2.09. The van der Waals surface area contributed by atoms with E-state index in [0.717, 1.165) is 12.2 Å². The smallest absolute Gasteiger partial charge is 0.340 e. The van der Waals surface area contributed by atoms with Crippen molar-refractivity contribution in [2.24, 2.45) is 0 Å². The van der Waals surface area contributed by atoms with Gasteiger partial charge in [0.2, 0.25) is 0 Å². The van der Waals surface area contributed by atoms with E-state index in [1.807, 2.05) is 0 Å². The minimum atomic E-state index is -0.756. The van der Waals surface area contributed by atoms with Gasteiger partial charge < -0.3 is 18.9 Å². The van der Waals surface area contributed by atoms with Crippen molar-refractivity contribution in [1.82, 2.24) is 0 Å². The summed E-state index contributed by atoms with van der Waals surface area (Å²) in [6.07, 6.45) is 2.21. The zero-order chi connectivity index (χ0) is 21.4. The summed E-state index contributed by atoms with van der Waals surface area (Å²) in [5.74, 6) is -2.17. The largest absolute Gasteiger partial charge is 0.463 e. The molecule has 1 heterocycles. The van der Waals surface area contributed by atoms with Gasteiger partial charge in [-0.1, -0.05) is 26.3 Å². The molecule has 0 aromatic rings. The first-order valence-corrected chi connectivity index (χ1v) is 7.86. The van der Waals surface area contributed by atoms with Crippen molar-refractivity contribution in [1.29, 1.82) is 0 Å². The molecule has 150 valence electrons. The van der Waals surface area contributed by atoms with Crippen molar-refractivity contribution in [3.8, 4) is 0 Å². The summed E-state index contributed by atoms with van der Waals surface area (Å²) in [7, 11) is 0. The van der Waals surface area contributed by atoms with Crippen molar-refractivity contribution >= 4 is 23.9 Å². The maximum absolute atomic E-state index is 10.5. The van der Waals surface area contributed by atoms with Crippen molar-refractivity contribution in [2.75, 3.05) is 19.8 Å². The van der Waals surface area contributed by atoms with Gasteiger partial charge in [0.05, 0.1) is 13.2 Å². The van der Waals surface area contributed by atoms with Gasteiger partial charge in [-0.2, -0.15) is 0 Å². The summed E-state index contributed by atoms with van der Waals surface area (Å²) in [6.45, 7) is 19.4. The second-order valence-electron chi connectivity index (χ2n) is 4.98. The summed E-state index contributed by atoms with van der Waals surface area (Å²) in [5.41, 5.74) is 0.641. The predicted octanol–water partition coefficient (Wildman–Crippen LogP) is 2.06. The molecule has 0 N–H and O–H groups in total. The Labute approximate surface area is 159 Å². The number of epoxide rings is 1. The average Bonchev–Trinajstić information content (AvgIpc) is 3.45. The van der Waals surface area contributed by atoms with Gasteiger partial charge in [-0.3, -0.25) is 0 Å². The Morgan fingerprint density at radius 1 is 0.963 bits per heavy atom. The fourth-order valence-corrected chi connectivity index (χ4v) is 0.873. The fraction of sp³-hybridized carbons (Fsp3) is 0.368. The van der Waals surface area contributed by atoms with E-state index in [1.54, 1.807) is 13.8 Å². The second kappa shape index (κ2) is 15.3. The van der Waals surface area contributed by atoms with Crippen molar-refractivity contribution in [2.45, 2.75) is 26.9 Å². The Kier molecular flexibility index (Phi) is 14.8. The molecule has 0 aromatic carbocycles. The molecule has 0 amide bonds. The topological polar surface area (TPSA) is 109 Å². The molecular formula is C19H26O8. The van der Waals surface area contributed by atoms with Crippen molar-refractivity contribution in [3.63, 3.8) is 0 Å². The first kappa shape index (κ1) is 26.2. The molecule has 1 fully saturated rings. The van der Waals surface area contributed by atoms with Crippen LogP contribution in [0.3, 0.4) is 0 Å². The van der Waals surface area contributed by atoms with E-state index >= 15 is 0 Å². The molecule has 1 rings (SSSR count). The van der Waals surface area contributed by atoms with E-state index in [9.17, 15) is 19.2 Å². The Morgan fingerprint density at radius 2 is 1.44 bits per heavy atom. The molecule has 0 saturated carbocycles. The number of carbonyl (C=O) groups is 4. The van der Waals surface area contributed by atoms with Crippen LogP contribution in [0, 0.1) is 0 Å². The summed E-state index contributed by atoms with van der Waals surface area (Å²) >= 11 is 0. The molecule has 0 aromatic heterocycles. The standard InChI is InChI=1S/C7H8O3.C6H8O3.C6H10O2/c1-4-6(8)10-7(9)5(2)3;1-2-6(7)9-4-5-3-8-5;1-4-8-6(7)5(2)3/h4H,1-2H2,3H3;2,5H,1,3-4H2;2,4H2,1,3H3. The van der Waals surface area contributed by atoms with Crippen molar-refractivity contribution in [3.05, 3.63) is 49.6 Å². The Bertz CT molecular complexity index is 585. The zero-order valence-corrected chi connectivity index (χ0v) is 15.9. The maximum atomic E-state index is 10.5. The predicted molar refractivity (Wildman–Crippen MR) is 98.5 cm³/mol. The van der Waals surface area contributed by atoms with Crippen molar-refractivity contribution < 1.29 is 38.1 Å². The lowest BCUT2D eigenvalue weighted by atomic mass is 10.4. The highest BCUT2D eigenvalue weighted by Gasteiger charge is 2.23. The second-order valence-corrected chi connectivity index (χ2v) is 4.98. The molecule has 1 saturated heterocycles. The lowest BCUT2D eigenvalue weighted by molar-refractivity contribution is -0.153. The van der Waals surface area contributed by atoms with Crippen LogP contribution in [0.15, 0.2) is 49.6 Å². The highest BCUT2D eigenvalue weighted by atomic mass is 16.6. The molecular weight excluding hydrogens is 356 g/mol. The molecule has 8 heteroatoms. The van der Waals surface area contributed by atoms with Crippen LogP contribution >= 0.6 is 0 Å². The fourth-order valence-electron chi connectivity index (χ4n) is 0.873. The number of esters is 4. The van der Waals surface area contributed by atoms with Gasteiger partial charge in [0.25, 0.3) is 0 Å². The molecule has 1 aliphatic heterocycles. The van der Waals surface area contributed by atoms with Gasteiger partial charge in [-0.25, -0.2) is 19.2 Å². The summed E-state index contributed by atoms with van der Waals surface area (Å²) in [5, 5.41) is 0. The third kappa shape index (κ3) is 17.6. The van der Waals surface area contributed by atoms with Crippen LogP contribution in [0.2, 0.25) is 0 Å². The van der Waals surface area contributed by atoms with E-state index in [-0.39, 0.29) is 23.6 Å². The Morgan fingerprint density at radius 3 is 1.74 bits per heavy atom. The van der Waals surface area contributed by atoms with Crippen LogP contribution in [-0.2, 0) is 38.1 Å². The third-order valence-electron chi connectivity index (χ3n) is 2.31. The van der Waals surface area contributed by atoms with Gasteiger partial charge in [0.15, 0.2) is 0 Å². The van der Waals surface area contributed by atoms with Gasteiger partial charge in [0, 0.05) is 23.3 Å². The first-order chi connectivity index (χ1) is 12.6. The molecule has 0 radical (unpaired) electrons. The van der Waals surface area contributed by atoms with E-state index in [1.165, 1.54) is 6.92 Å². The monoisotopic (exact) mass is 382 g/mol. The third-order valence-corrected chi connectivity index (χ3v) is 2.31. The molecule has 0 aliphatic carbocycles. The SMILES string of the molecule is C=C(C)C(=O)OCC.C=CC(=O)OC(=O)C(=C)C.C=CC(=O)OCC1CO1. The Balaban J connectivity index is 0. The quantitative estimate of drug-likeness (QED) is 0.216. The lowest BCUT2D eigenvalue weighted by Gasteiger charge is -1.96. The average molecular weight is 382 g/mol. The highest BCUT2D eigenvalue weighted by molar-refractivity contribution is 5.98. The van der Waals surface area contributed by atoms with Gasteiger partial charge in [-0.15, -0.1) is 0 Å². The molecule has 1 aliphatic rings. The van der Waals surface area contributed by atoms with Crippen LogP contribution in [0.4, 0.5) is 0 Å². The normalized spacial score (nSPS) is 13.1. The number of hydrogen-bond acceptors (Lipinski definition) is 8. The van der Waals surface area contributed by atoms with Gasteiger partial charge in [0.1, 0.15) is 12.7 Å². The minimum Gasteiger partial charge on any atom is -0.463 e. The molecule has 0 spiro atoms. The number of hydrogen-bond donors (Lipinski definition) is 0. The molecule has 8 nitrogen and oxygen atoms in total. The van der Waals surface area contributed by atoms with E-state index in [0.29, 0.717) is 25.4 Å². The van der Waals surface area contributed by atoms with Gasteiger partial charge >= 0.3 is 23.9 Å². The minimum absolute atomic E-state index is 0.147. The van der Waals surface area contributed by atoms with Crippen LogP contribution in [0.25, 0.3) is 0 Å². The summed E-state index contributed by atoms with van der Waals surface area (Å²) in [4.78, 5) is 41.6. The van der Waals surface area contributed by atoms with E-state index in [4.69, 9.17) is 4.74 Å². The zero-order valence-electron chi connectivity index (χ0n) is 15.9. The van der Waals surface area contributed by atoms with Gasteiger partial charge in [-0.05, 0) is 20.8 Å². The van der Waals surface area contributed by atoms with Crippen LogP contribution < -0.4 is 0 Å². The number of rotatable bonds is 7. The van der Waals surface area contributed by atoms with E-state index in [2.05, 4.69) is 40.5 Å². The number of ether oxygens (including phenoxy) is 4. The molecule has 1 unspecified atom stereocenters. The van der Waals surface area contributed by atoms with Crippen LogP contribution in [-0.4, -0.2) is 49.8 Å². The first-order valence-electron chi connectivity index (χ1n) is 7.86. The van der Waals surface area contributed by atoms with E-state index < -0.39 is 11.9 Å². The summed E-state index contributed by atoms with van der Waals surface area (Å²) < 4.78 is 18.2. The number of carbonyl (C=O) groups excluding carboxylic acids is 4. The molecule has 0 bridgehead atoms. The molecule has 27 heavy (non-hydrogen) atoms. The Hall–Kier alpha value is -3.00. The molecule has 1 atom stereocenters. The maximum Gasteiger partial charge on any atom is 0.340 e. The van der Waals surface area contributed by atoms with Crippen LogP contribution in [0.1, 0.15) is 20.8 Å².